The maximum Gasteiger partial charge on any atom is 0.159 e. The van der Waals surface area contributed by atoms with Crippen LogP contribution in [-0.2, 0) is 11.2 Å². The van der Waals surface area contributed by atoms with E-state index in [2.05, 4.69) is 31.9 Å². The van der Waals surface area contributed by atoms with Crippen LogP contribution in [-0.4, -0.2) is 5.78 Å². The minimum atomic E-state index is 0.121. The minimum Gasteiger partial charge on any atom is -0.294 e. The number of rotatable bonds is 3. The van der Waals surface area contributed by atoms with E-state index < -0.39 is 0 Å². The van der Waals surface area contributed by atoms with Crippen LogP contribution < -0.4 is 0 Å². The molecule has 1 aromatic carbocycles. The van der Waals surface area contributed by atoms with Gasteiger partial charge in [-0.3, -0.25) is 4.79 Å². The van der Waals surface area contributed by atoms with Crippen molar-refractivity contribution < 1.29 is 4.79 Å². The molecule has 3 heteroatoms. The van der Waals surface area contributed by atoms with Crippen LogP contribution in [0.4, 0.5) is 0 Å². The molecule has 0 aliphatic heterocycles. The Kier molecular flexibility index (Phi) is 4.55. The lowest BCUT2D eigenvalue weighted by molar-refractivity contribution is -0.114. The van der Waals surface area contributed by atoms with Gasteiger partial charge in [-0.1, -0.05) is 44.0 Å². The van der Waals surface area contributed by atoms with E-state index in [4.69, 9.17) is 0 Å². The van der Waals surface area contributed by atoms with Crippen molar-refractivity contribution in [3.63, 3.8) is 0 Å². The maximum absolute atomic E-state index is 11.3. The zero-order valence-corrected chi connectivity index (χ0v) is 10.9. The first-order valence-electron chi connectivity index (χ1n) is 4.23. The van der Waals surface area contributed by atoms with Gasteiger partial charge in [-0.25, -0.2) is 0 Å². The van der Waals surface area contributed by atoms with Crippen molar-refractivity contribution in [2.75, 3.05) is 0 Å². The third-order valence-corrected chi connectivity index (χ3v) is 2.96. The van der Waals surface area contributed by atoms with Gasteiger partial charge in [-0.05, 0) is 30.7 Å². The summed E-state index contributed by atoms with van der Waals surface area (Å²) in [5.41, 5.74) is 1.01. The number of hydrogen-bond acceptors (Lipinski definition) is 1. The number of halogens is 2. The molecule has 0 aliphatic carbocycles. The number of carbonyl (C=O) groups excluding carboxylic acids is 1. The summed E-state index contributed by atoms with van der Waals surface area (Å²) in [5, 5.41) is 0. The van der Waals surface area contributed by atoms with Crippen LogP contribution in [0.3, 0.4) is 0 Å². The fourth-order valence-electron chi connectivity index (χ4n) is 1.10. The third kappa shape index (κ3) is 3.39. The van der Waals surface area contributed by atoms with E-state index in [-0.39, 0.29) is 5.78 Å². The average Bonchev–Trinajstić information content (AvgIpc) is 2.10. The summed E-state index contributed by atoms with van der Waals surface area (Å²) >= 11 is 6.78. The summed E-state index contributed by atoms with van der Waals surface area (Å²) in [6.07, 6.45) is 3.79. The predicted octanol–water partition coefficient (Wildman–Crippen LogP) is 3.90. The van der Waals surface area contributed by atoms with Crippen molar-refractivity contribution in [1.29, 1.82) is 0 Å². The number of ketones is 1. The molecule has 0 heterocycles. The van der Waals surface area contributed by atoms with Crippen LogP contribution in [0.25, 0.3) is 0 Å². The van der Waals surface area contributed by atoms with E-state index in [0.29, 0.717) is 6.42 Å². The Bertz CT molecular complexity index is 370. The Morgan fingerprint density at radius 3 is 2.71 bits per heavy atom. The maximum atomic E-state index is 11.3. The van der Waals surface area contributed by atoms with Crippen LogP contribution in [0, 0.1) is 0 Å². The highest BCUT2D eigenvalue weighted by Crippen LogP contribution is 2.22. The quantitative estimate of drug-likeness (QED) is 0.773. The molecule has 0 amide bonds. The molecule has 0 aromatic heterocycles. The number of allylic oxidation sites excluding steroid dienone is 2. The Balaban J connectivity index is 2.82. The van der Waals surface area contributed by atoms with Crippen LogP contribution in [0.1, 0.15) is 12.5 Å². The van der Waals surface area contributed by atoms with E-state index in [1.54, 1.807) is 12.2 Å². The van der Waals surface area contributed by atoms with Crippen molar-refractivity contribution in [3.05, 3.63) is 44.9 Å². The zero-order chi connectivity index (χ0) is 10.6. The topological polar surface area (TPSA) is 17.1 Å². The Morgan fingerprint density at radius 1 is 1.43 bits per heavy atom. The minimum absolute atomic E-state index is 0.121. The van der Waals surface area contributed by atoms with Gasteiger partial charge in [-0.2, -0.15) is 0 Å². The normalized spacial score (nSPS) is 10.8. The SMILES string of the molecule is C/C=C\C(=O)Cc1ccc(Br)cc1Br. The zero-order valence-electron chi connectivity index (χ0n) is 7.76. The highest BCUT2D eigenvalue weighted by Gasteiger charge is 2.04. The Morgan fingerprint density at radius 2 is 2.14 bits per heavy atom. The number of benzene rings is 1. The van der Waals surface area contributed by atoms with Crippen LogP contribution in [0.5, 0.6) is 0 Å². The molecule has 0 fully saturated rings. The molecule has 1 rings (SSSR count). The molecule has 74 valence electrons. The molecule has 0 aliphatic rings. The molecule has 14 heavy (non-hydrogen) atoms. The first-order valence-corrected chi connectivity index (χ1v) is 5.81. The van der Waals surface area contributed by atoms with Crippen molar-refractivity contribution in [2.45, 2.75) is 13.3 Å². The fraction of sp³-hybridized carbons (Fsp3) is 0.182. The molecule has 0 bridgehead atoms. The van der Waals surface area contributed by atoms with Gasteiger partial charge in [0.2, 0.25) is 0 Å². The lowest BCUT2D eigenvalue weighted by atomic mass is 10.1. The summed E-state index contributed by atoms with van der Waals surface area (Å²) in [6.45, 7) is 1.84. The fourth-order valence-corrected chi connectivity index (χ4v) is 2.28. The molecule has 0 radical (unpaired) electrons. The van der Waals surface area contributed by atoms with Gasteiger partial charge in [0.05, 0.1) is 0 Å². The second kappa shape index (κ2) is 5.47. The van der Waals surface area contributed by atoms with Gasteiger partial charge < -0.3 is 0 Å². The molecular formula is C11H10Br2O. The van der Waals surface area contributed by atoms with E-state index in [0.717, 1.165) is 14.5 Å². The lowest BCUT2D eigenvalue weighted by Gasteiger charge is -2.02. The molecule has 0 atom stereocenters. The first-order chi connectivity index (χ1) is 6.63. The van der Waals surface area contributed by atoms with Crippen LogP contribution in [0.15, 0.2) is 39.3 Å². The largest absolute Gasteiger partial charge is 0.294 e. The van der Waals surface area contributed by atoms with E-state index >= 15 is 0 Å². The summed E-state index contributed by atoms with van der Waals surface area (Å²) in [6, 6.07) is 5.82. The smallest absolute Gasteiger partial charge is 0.159 e. The highest BCUT2D eigenvalue weighted by atomic mass is 79.9. The molecular weight excluding hydrogens is 308 g/mol. The lowest BCUT2D eigenvalue weighted by Crippen LogP contribution is -1.98. The van der Waals surface area contributed by atoms with E-state index in [1.807, 2.05) is 25.1 Å². The van der Waals surface area contributed by atoms with Gasteiger partial charge in [-0.15, -0.1) is 0 Å². The van der Waals surface area contributed by atoms with Gasteiger partial charge in [0.1, 0.15) is 0 Å². The molecule has 0 unspecified atom stereocenters. The molecule has 0 N–H and O–H groups in total. The molecule has 1 nitrogen and oxygen atoms in total. The summed E-state index contributed by atoms with van der Waals surface area (Å²) in [4.78, 5) is 11.3. The van der Waals surface area contributed by atoms with Crippen molar-refractivity contribution in [1.82, 2.24) is 0 Å². The standard InChI is InChI=1S/C11H10Br2O/c1-2-3-10(14)6-8-4-5-9(12)7-11(8)13/h2-5,7H,6H2,1H3/b3-2-. The second-order valence-electron chi connectivity index (χ2n) is 2.88. The second-order valence-corrected chi connectivity index (χ2v) is 4.65. The molecule has 0 spiro atoms. The van der Waals surface area contributed by atoms with Crippen molar-refractivity contribution >= 4 is 37.6 Å². The number of hydrogen-bond donors (Lipinski definition) is 0. The average molecular weight is 318 g/mol. The predicted molar refractivity (Wildman–Crippen MR) is 65.4 cm³/mol. The monoisotopic (exact) mass is 316 g/mol. The van der Waals surface area contributed by atoms with Gasteiger partial charge in [0, 0.05) is 15.4 Å². The third-order valence-electron chi connectivity index (χ3n) is 1.73. The van der Waals surface area contributed by atoms with Crippen LogP contribution >= 0.6 is 31.9 Å². The van der Waals surface area contributed by atoms with Crippen molar-refractivity contribution in [2.24, 2.45) is 0 Å². The Labute approximate surface area is 100 Å². The molecule has 1 aromatic rings. The van der Waals surface area contributed by atoms with Gasteiger partial charge in [0.25, 0.3) is 0 Å². The van der Waals surface area contributed by atoms with E-state index in [9.17, 15) is 4.79 Å². The first kappa shape index (κ1) is 11.7. The molecule has 0 saturated heterocycles. The molecule has 0 saturated carbocycles. The Hall–Kier alpha value is -0.410. The highest BCUT2D eigenvalue weighted by molar-refractivity contribution is 9.11. The van der Waals surface area contributed by atoms with E-state index in [1.165, 1.54) is 0 Å². The van der Waals surface area contributed by atoms with Crippen molar-refractivity contribution in [3.8, 4) is 0 Å². The summed E-state index contributed by atoms with van der Waals surface area (Å²) < 4.78 is 1.97. The van der Waals surface area contributed by atoms with Gasteiger partial charge >= 0.3 is 0 Å². The summed E-state index contributed by atoms with van der Waals surface area (Å²) in [7, 11) is 0. The summed E-state index contributed by atoms with van der Waals surface area (Å²) in [5.74, 6) is 0.121. The number of carbonyl (C=O) groups is 1. The van der Waals surface area contributed by atoms with Gasteiger partial charge in [0.15, 0.2) is 5.78 Å². The van der Waals surface area contributed by atoms with Crippen LogP contribution in [0.2, 0.25) is 0 Å².